The summed E-state index contributed by atoms with van der Waals surface area (Å²) in [4.78, 5) is 0. The van der Waals surface area contributed by atoms with Gasteiger partial charge in [0.25, 0.3) is 0 Å². The molecule has 1 atom stereocenters. The number of aryl methyl sites for hydroxylation is 2. The van der Waals surface area contributed by atoms with Crippen LogP contribution in [0.4, 0.5) is 0 Å². The summed E-state index contributed by atoms with van der Waals surface area (Å²) < 4.78 is 0. The molecule has 0 bridgehead atoms. The van der Waals surface area contributed by atoms with Crippen LogP contribution in [0.15, 0.2) is 18.2 Å². The molecule has 108 valence electrons. The van der Waals surface area contributed by atoms with Crippen molar-refractivity contribution < 1.29 is 0 Å². The second-order valence-electron chi connectivity index (χ2n) is 7.04. The van der Waals surface area contributed by atoms with Crippen LogP contribution in [0, 0.1) is 19.3 Å². The maximum absolute atomic E-state index is 3.71. The zero-order chi connectivity index (χ0) is 14.5. The summed E-state index contributed by atoms with van der Waals surface area (Å²) in [5, 5.41) is 3.71. The van der Waals surface area contributed by atoms with Crippen LogP contribution in [0.5, 0.6) is 0 Å². The minimum Gasteiger partial charge on any atom is -0.314 e. The first-order valence-corrected chi connectivity index (χ1v) is 7.61. The maximum atomic E-state index is 3.71. The molecule has 0 aliphatic heterocycles. The third-order valence-corrected chi connectivity index (χ3v) is 3.60. The van der Waals surface area contributed by atoms with Crippen molar-refractivity contribution in [1.29, 1.82) is 0 Å². The summed E-state index contributed by atoms with van der Waals surface area (Å²) in [7, 11) is 0. The van der Waals surface area contributed by atoms with Crippen LogP contribution in [0.1, 0.15) is 57.2 Å². The fourth-order valence-corrected chi connectivity index (χ4v) is 2.52. The number of hydrogen-bond acceptors (Lipinski definition) is 1. The predicted octanol–water partition coefficient (Wildman–Crippen LogP) is 4.65. The zero-order valence-electron chi connectivity index (χ0n) is 13.6. The molecule has 1 N–H and O–H groups in total. The van der Waals surface area contributed by atoms with Gasteiger partial charge in [-0.3, -0.25) is 0 Å². The summed E-state index contributed by atoms with van der Waals surface area (Å²) in [5.74, 6) is 0. The van der Waals surface area contributed by atoms with E-state index in [2.05, 4.69) is 65.1 Å². The third-order valence-electron chi connectivity index (χ3n) is 3.60. The van der Waals surface area contributed by atoms with Crippen LogP contribution in [-0.2, 0) is 6.42 Å². The molecule has 0 amide bonds. The Bertz CT molecular complexity index is 387. The van der Waals surface area contributed by atoms with Crippen molar-refractivity contribution >= 4 is 0 Å². The Labute approximate surface area is 119 Å². The fraction of sp³-hybridized carbons (Fsp3) is 0.667. The molecule has 1 aromatic carbocycles. The third kappa shape index (κ3) is 6.24. The molecule has 1 unspecified atom stereocenters. The van der Waals surface area contributed by atoms with E-state index in [0.717, 1.165) is 13.0 Å². The second-order valence-corrected chi connectivity index (χ2v) is 7.04. The van der Waals surface area contributed by atoms with Crippen molar-refractivity contribution in [2.75, 3.05) is 6.54 Å². The van der Waals surface area contributed by atoms with E-state index in [9.17, 15) is 0 Å². The average Bonchev–Trinajstić information content (AvgIpc) is 2.29. The highest BCUT2D eigenvalue weighted by molar-refractivity contribution is 5.30. The van der Waals surface area contributed by atoms with Gasteiger partial charge in [0.15, 0.2) is 0 Å². The van der Waals surface area contributed by atoms with Crippen LogP contribution in [-0.4, -0.2) is 12.6 Å². The first-order valence-electron chi connectivity index (χ1n) is 7.61. The van der Waals surface area contributed by atoms with E-state index < -0.39 is 0 Å². The smallest absolute Gasteiger partial charge is 0.0112 e. The predicted molar refractivity (Wildman–Crippen MR) is 85.8 cm³/mol. The quantitative estimate of drug-likeness (QED) is 0.786. The van der Waals surface area contributed by atoms with Crippen molar-refractivity contribution in [1.82, 2.24) is 5.32 Å². The van der Waals surface area contributed by atoms with Gasteiger partial charge >= 0.3 is 0 Å². The highest BCUT2D eigenvalue weighted by atomic mass is 14.9. The minimum atomic E-state index is 0.380. The van der Waals surface area contributed by atoms with Gasteiger partial charge in [0.1, 0.15) is 0 Å². The lowest BCUT2D eigenvalue weighted by Gasteiger charge is -2.27. The maximum Gasteiger partial charge on any atom is 0.0112 e. The lowest BCUT2D eigenvalue weighted by Crippen LogP contribution is -2.35. The van der Waals surface area contributed by atoms with Gasteiger partial charge in [0.2, 0.25) is 0 Å². The molecule has 0 saturated carbocycles. The van der Waals surface area contributed by atoms with E-state index in [1.54, 1.807) is 0 Å². The summed E-state index contributed by atoms with van der Waals surface area (Å²) in [6.45, 7) is 14.7. The van der Waals surface area contributed by atoms with Crippen molar-refractivity contribution in [3.8, 4) is 0 Å². The van der Waals surface area contributed by atoms with Crippen LogP contribution in [0.2, 0.25) is 0 Å². The summed E-state index contributed by atoms with van der Waals surface area (Å²) >= 11 is 0. The number of rotatable bonds is 6. The van der Waals surface area contributed by atoms with Crippen molar-refractivity contribution in [2.45, 2.75) is 66.8 Å². The molecule has 0 radical (unpaired) electrons. The van der Waals surface area contributed by atoms with E-state index in [-0.39, 0.29) is 0 Å². The van der Waals surface area contributed by atoms with Gasteiger partial charge in [-0.1, -0.05) is 45.9 Å². The molecule has 1 rings (SSSR count). The van der Waals surface area contributed by atoms with E-state index >= 15 is 0 Å². The number of nitrogens with one attached hydrogen (secondary N) is 1. The summed E-state index contributed by atoms with van der Waals surface area (Å²) in [6.07, 6.45) is 3.56. The first-order chi connectivity index (χ1) is 8.81. The molecule has 1 nitrogen and oxygen atoms in total. The van der Waals surface area contributed by atoms with Crippen molar-refractivity contribution in [2.24, 2.45) is 5.41 Å². The first kappa shape index (κ1) is 16.2. The molecule has 0 heterocycles. The lowest BCUT2D eigenvalue weighted by atomic mass is 9.85. The molecular weight excluding hydrogens is 230 g/mol. The molecule has 0 spiro atoms. The van der Waals surface area contributed by atoms with Crippen molar-refractivity contribution in [3.63, 3.8) is 0 Å². The molecule has 0 aliphatic rings. The van der Waals surface area contributed by atoms with Gasteiger partial charge in [-0.2, -0.15) is 0 Å². The Balaban J connectivity index is 2.72. The number of benzene rings is 1. The zero-order valence-corrected chi connectivity index (χ0v) is 13.6. The van der Waals surface area contributed by atoms with Crippen LogP contribution in [0.25, 0.3) is 0 Å². The normalized spacial score (nSPS) is 13.6. The van der Waals surface area contributed by atoms with Crippen LogP contribution in [0.3, 0.4) is 0 Å². The summed E-state index contributed by atoms with van der Waals surface area (Å²) in [5.41, 5.74) is 4.63. The summed E-state index contributed by atoms with van der Waals surface area (Å²) in [6, 6.07) is 7.46. The van der Waals surface area contributed by atoms with Gasteiger partial charge in [-0.05, 0) is 61.8 Å². The number of hydrogen-bond donors (Lipinski definition) is 1. The SMILES string of the molecule is CCCNC(Cc1ccc(C)c(C)c1)CC(C)(C)C. The Kier molecular flexibility index (Phi) is 6.06. The van der Waals surface area contributed by atoms with Gasteiger partial charge in [0, 0.05) is 6.04 Å². The van der Waals surface area contributed by atoms with E-state index in [1.807, 2.05) is 0 Å². The Morgan fingerprint density at radius 1 is 1.11 bits per heavy atom. The molecule has 0 fully saturated rings. The highest BCUT2D eigenvalue weighted by Gasteiger charge is 2.18. The Hall–Kier alpha value is -0.820. The highest BCUT2D eigenvalue weighted by Crippen LogP contribution is 2.23. The largest absolute Gasteiger partial charge is 0.314 e. The van der Waals surface area contributed by atoms with E-state index in [1.165, 1.54) is 29.5 Å². The average molecular weight is 261 g/mol. The monoisotopic (exact) mass is 261 g/mol. The van der Waals surface area contributed by atoms with Crippen LogP contribution >= 0.6 is 0 Å². The molecule has 1 heteroatoms. The molecule has 0 aromatic heterocycles. The fourth-order valence-electron chi connectivity index (χ4n) is 2.52. The van der Waals surface area contributed by atoms with Gasteiger partial charge in [0.05, 0.1) is 0 Å². The molecule has 1 aromatic rings. The van der Waals surface area contributed by atoms with Crippen LogP contribution < -0.4 is 5.32 Å². The Morgan fingerprint density at radius 3 is 2.32 bits per heavy atom. The van der Waals surface area contributed by atoms with Crippen molar-refractivity contribution in [3.05, 3.63) is 34.9 Å². The van der Waals surface area contributed by atoms with E-state index in [4.69, 9.17) is 0 Å². The van der Waals surface area contributed by atoms with E-state index in [0.29, 0.717) is 11.5 Å². The standard InChI is InChI=1S/C18H31N/c1-7-10-19-17(13-18(4,5)6)12-16-9-8-14(2)15(3)11-16/h8-9,11,17,19H,7,10,12-13H2,1-6H3. The Morgan fingerprint density at radius 2 is 1.79 bits per heavy atom. The molecule has 19 heavy (non-hydrogen) atoms. The lowest BCUT2D eigenvalue weighted by molar-refractivity contribution is 0.306. The van der Waals surface area contributed by atoms with Gasteiger partial charge in [-0.25, -0.2) is 0 Å². The minimum absolute atomic E-state index is 0.380. The van der Waals surface area contributed by atoms with Gasteiger partial charge < -0.3 is 5.32 Å². The molecular formula is C18H31N. The molecule has 0 aliphatic carbocycles. The molecule has 0 saturated heterocycles. The topological polar surface area (TPSA) is 12.0 Å². The van der Waals surface area contributed by atoms with Gasteiger partial charge in [-0.15, -0.1) is 0 Å². The second kappa shape index (κ2) is 7.09.